The van der Waals surface area contributed by atoms with Crippen LogP contribution in [0.25, 0.3) is 22.0 Å². The average molecular weight is 532 g/mol. The third-order valence-electron chi connectivity index (χ3n) is 6.15. The summed E-state index contributed by atoms with van der Waals surface area (Å²) in [6, 6.07) is 21.0. The van der Waals surface area contributed by atoms with E-state index < -0.39 is 5.91 Å². The summed E-state index contributed by atoms with van der Waals surface area (Å²) in [5.41, 5.74) is 14.4. The lowest BCUT2D eigenvalue weighted by Gasteiger charge is -2.14. The quantitative estimate of drug-likeness (QED) is 0.333. The molecule has 0 saturated heterocycles. The maximum absolute atomic E-state index is 13.4. The molecule has 1 amide bonds. The summed E-state index contributed by atoms with van der Waals surface area (Å²) >= 11 is 0. The molecule has 0 aliphatic heterocycles. The van der Waals surface area contributed by atoms with Crippen LogP contribution in [0.5, 0.6) is 0 Å². The van der Waals surface area contributed by atoms with Crippen LogP contribution in [0.1, 0.15) is 34.2 Å². The highest BCUT2D eigenvalue weighted by Gasteiger charge is 2.15. The van der Waals surface area contributed by atoms with Crippen LogP contribution in [0.4, 0.5) is 5.82 Å². The molecule has 0 radical (unpaired) electrons. The second-order valence-corrected chi connectivity index (χ2v) is 8.78. The predicted octanol–water partition coefficient (Wildman–Crippen LogP) is 2.49. The molecule has 4 N–H and O–H groups in total. The van der Waals surface area contributed by atoms with Gasteiger partial charge in [-0.05, 0) is 59.3 Å². The molecule has 0 bridgehead atoms. The third kappa shape index (κ3) is 5.01. The number of anilines is 1. The minimum atomic E-state index is -0.625. The Morgan fingerprint density at radius 3 is 2.50 bits per heavy atom. The normalized spacial score (nSPS) is 10.6. The van der Waals surface area contributed by atoms with E-state index in [1.165, 1.54) is 6.20 Å². The van der Waals surface area contributed by atoms with Gasteiger partial charge in [0, 0.05) is 30.2 Å². The average Bonchev–Trinajstić information content (AvgIpc) is 3.53. The van der Waals surface area contributed by atoms with E-state index in [1.807, 2.05) is 67.8 Å². The van der Waals surface area contributed by atoms with Crippen molar-refractivity contribution in [2.24, 2.45) is 12.8 Å². The highest BCUT2D eigenvalue weighted by molar-refractivity contribution is 6.03. The van der Waals surface area contributed by atoms with Gasteiger partial charge in [-0.2, -0.15) is 5.10 Å². The lowest BCUT2D eigenvalue weighted by atomic mass is 10.0. The molecule has 0 atom stereocenters. The molecule has 0 saturated carbocycles. The number of carbonyl (C=O) groups excluding carboxylic acids is 1. The molecule has 11 nitrogen and oxygen atoms in total. The summed E-state index contributed by atoms with van der Waals surface area (Å²) in [7, 11) is 1.86. The fraction of sp³-hybridized carbons (Fsp3) is 0.103. The summed E-state index contributed by atoms with van der Waals surface area (Å²) in [6.45, 7) is 2.06. The number of nitrogen functional groups attached to an aromatic ring is 1. The van der Waals surface area contributed by atoms with Crippen molar-refractivity contribution in [3.63, 3.8) is 0 Å². The largest absolute Gasteiger partial charge is 0.381 e. The number of aryl methyl sites for hydroxylation is 2. The number of aromatic nitrogens is 7. The monoisotopic (exact) mass is 531 g/mol. The van der Waals surface area contributed by atoms with E-state index >= 15 is 0 Å². The number of pyridine rings is 1. The first-order valence-electron chi connectivity index (χ1n) is 12.4. The zero-order chi connectivity index (χ0) is 28.2. The SMILES string of the molecule is CCc1cc2cccc(C#Cc3ccn(C)n3)c2c(=O)n1-c1ccccc1.NC(=O)c1c(N)nn2nnccc12. The Kier molecular flexibility index (Phi) is 7.07. The van der Waals surface area contributed by atoms with Crippen molar-refractivity contribution in [1.29, 1.82) is 0 Å². The van der Waals surface area contributed by atoms with Crippen molar-refractivity contribution in [3.05, 3.63) is 112 Å². The lowest BCUT2D eigenvalue weighted by molar-refractivity contribution is 0.100. The fourth-order valence-electron chi connectivity index (χ4n) is 4.34. The van der Waals surface area contributed by atoms with Gasteiger partial charge in [-0.15, -0.1) is 14.8 Å². The van der Waals surface area contributed by atoms with Crippen LogP contribution in [0.2, 0.25) is 0 Å². The molecule has 4 heterocycles. The molecule has 0 unspecified atom stereocenters. The Balaban J connectivity index is 0.000000207. The third-order valence-corrected chi connectivity index (χ3v) is 6.15. The number of para-hydroxylation sites is 1. The molecule has 0 aliphatic carbocycles. The number of hydrogen-bond acceptors (Lipinski definition) is 7. The van der Waals surface area contributed by atoms with Gasteiger partial charge in [-0.1, -0.05) is 43.2 Å². The number of nitrogens with zero attached hydrogens (tertiary/aromatic N) is 7. The molecule has 2 aromatic carbocycles. The number of carbonyl (C=O) groups is 1. The summed E-state index contributed by atoms with van der Waals surface area (Å²) in [4.78, 5) is 24.4. The molecular weight excluding hydrogens is 506 g/mol. The van der Waals surface area contributed by atoms with E-state index in [2.05, 4.69) is 45.3 Å². The summed E-state index contributed by atoms with van der Waals surface area (Å²) in [5.74, 6) is 5.63. The second kappa shape index (κ2) is 10.9. The molecule has 198 valence electrons. The van der Waals surface area contributed by atoms with Gasteiger partial charge in [0.15, 0.2) is 5.82 Å². The van der Waals surface area contributed by atoms with Crippen molar-refractivity contribution in [1.82, 2.24) is 34.4 Å². The minimum absolute atomic E-state index is 0.0403. The summed E-state index contributed by atoms with van der Waals surface area (Å²) < 4.78 is 4.66. The van der Waals surface area contributed by atoms with Crippen LogP contribution in [0, 0.1) is 11.8 Å². The highest BCUT2D eigenvalue weighted by atomic mass is 16.1. The molecule has 11 heteroatoms. The molecule has 0 spiro atoms. The second-order valence-electron chi connectivity index (χ2n) is 8.78. The van der Waals surface area contributed by atoms with Crippen LogP contribution in [0.15, 0.2) is 83.9 Å². The van der Waals surface area contributed by atoms with Gasteiger partial charge in [0.25, 0.3) is 11.5 Å². The minimum Gasteiger partial charge on any atom is -0.381 e. The molecule has 0 aliphatic rings. The molecule has 40 heavy (non-hydrogen) atoms. The van der Waals surface area contributed by atoms with Crippen LogP contribution in [-0.2, 0) is 13.5 Å². The van der Waals surface area contributed by atoms with Crippen LogP contribution in [0.3, 0.4) is 0 Å². The topological polar surface area (TPSA) is 152 Å². The Labute approximate surface area is 228 Å². The Bertz CT molecular complexity index is 1980. The van der Waals surface area contributed by atoms with Gasteiger partial charge in [-0.25, -0.2) is 0 Å². The number of nitrogens with two attached hydrogens (primary N) is 2. The van der Waals surface area contributed by atoms with Crippen molar-refractivity contribution >= 4 is 28.0 Å². The first-order valence-corrected chi connectivity index (χ1v) is 12.4. The highest BCUT2D eigenvalue weighted by Crippen LogP contribution is 2.19. The number of benzene rings is 2. The van der Waals surface area contributed by atoms with Crippen LogP contribution in [-0.4, -0.2) is 40.3 Å². The van der Waals surface area contributed by atoms with Gasteiger partial charge in [-0.3, -0.25) is 18.8 Å². The Morgan fingerprint density at radius 1 is 1.00 bits per heavy atom. The van der Waals surface area contributed by atoms with Gasteiger partial charge in [0.1, 0.15) is 16.8 Å². The summed E-state index contributed by atoms with van der Waals surface area (Å²) in [6.07, 6.45) is 4.05. The Morgan fingerprint density at radius 2 is 1.80 bits per heavy atom. The number of amides is 1. The zero-order valence-corrected chi connectivity index (χ0v) is 21.8. The smallest absolute Gasteiger partial charge is 0.264 e. The maximum Gasteiger partial charge on any atom is 0.264 e. The molecule has 4 aromatic heterocycles. The number of hydrogen-bond donors (Lipinski definition) is 2. The fourth-order valence-corrected chi connectivity index (χ4v) is 4.34. The van der Waals surface area contributed by atoms with Crippen molar-refractivity contribution < 1.29 is 4.79 Å². The van der Waals surface area contributed by atoms with Crippen LogP contribution >= 0.6 is 0 Å². The standard InChI is InChI=1S/C23H19N3O.C6H6N6O/c1-3-20-16-18-9-7-8-17(12-13-19-14-15-25(2)24-19)22(18)23(27)26(20)21-10-5-4-6-11-21;7-5-4(6(8)13)3-1-2-9-11-12(3)10-5/h4-11,14-16H,3H2,1-2H3;1-2H,(H2,7,10)(H2,8,13). The summed E-state index contributed by atoms with van der Waals surface area (Å²) in [5, 5.41) is 16.8. The van der Waals surface area contributed by atoms with E-state index in [0.29, 0.717) is 16.6 Å². The maximum atomic E-state index is 13.4. The predicted molar refractivity (Wildman–Crippen MR) is 152 cm³/mol. The zero-order valence-electron chi connectivity index (χ0n) is 21.8. The number of fused-ring (bicyclic) bond motifs is 2. The molecule has 6 rings (SSSR count). The first kappa shape index (κ1) is 25.9. The molecule has 6 aromatic rings. The van der Waals surface area contributed by atoms with E-state index in [9.17, 15) is 9.59 Å². The van der Waals surface area contributed by atoms with E-state index in [4.69, 9.17) is 11.5 Å². The van der Waals surface area contributed by atoms with E-state index in [-0.39, 0.29) is 16.9 Å². The van der Waals surface area contributed by atoms with Gasteiger partial charge < -0.3 is 11.5 Å². The first-order chi connectivity index (χ1) is 19.4. The van der Waals surface area contributed by atoms with E-state index in [0.717, 1.165) is 33.4 Å². The van der Waals surface area contributed by atoms with Gasteiger partial charge >= 0.3 is 0 Å². The van der Waals surface area contributed by atoms with Crippen molar-refractivity contribution in [2.75, 3.05) is 5.73 Å². The molecular formula is C29H25N9O2. The number of primary amides is 1. The van der Waals surface area contributed by atoms with E-state index in [1.54, 1.807) is 15.3 Å². The van der Waals surface area contributed by atoms with Gasteiger partial charge in [0.05, 0.1) is 11.6 Å². The van der Waals surface area contributed by atoms with Crippen molar-refractivity contribution in [3.8, 4) is 17.5 Å². The van der Waals surface area contributed by atoms with Crippen molar-refractivity contribution in [2.45, 2.75) is 13.3 Å². The number of rotatable bonds is 3. The Hall–Kier alpha value is -5.76. The van der Waals surface area contributed by atoms with Gasteiger partial charge in [0.2, 0.25) is 0 Å². The molecule has 0 fully saturated rings. The van der Waals surface area contributed by atoms with Crippen LogP contribution < -0.4 is 17.0 Å². The lowest BCUT2D eigenvalue weighted by Crippen LogP contribution is -2.22.